The van der Waals surface area contributed by atoms with Gasteiger partial charge in [-0.25, -0.2) is 4.39 Å². The summed E-state index contributed by atoms with van der Waals surface area (Å²) in [4.78, 5) is 41.4. The van der Waals surface area contributed by atoms with Gasteiger partial charge in [-0.05, 0) is 81.4 Å². The van der Waals surface area contributed by atoms with Gasteiger partial charge in [-0.15, -0.1) is 0 Å². The predicted octanol–water partition coefficient (Wildman–Crippen LogP) is 5.53. The van der Waals surface area contributed by atoms with Crippen molar-refractivity contribution in [3.8, 4) is 5.75 Å². The van der Waals surface area contributed by atoms with E-state index in [0.29, 0.717) is 17.0 Å². The summed E-state index contributed by atoms with van der Waals surface area (Å²) in [5.41, 5.74) is 4.07. The Morgan fingerprint density at radius 3 is 2.53 bits per heavy atom. The van der Waals surface area contributed by atoms with Crippen LogP contribution in [0.15, 0.2) is 47.4 Å². The van der Waals surface area contributed by atoms with Crippen molar-refractivity contribution in [3.05, 3.63) is 64.3 Å². The molecule has 2 heterocycles. The van der Waals surface area contributed by atoms with Crippen LogP contribution in [0.25, 0.3) is 11.6 Å². The van der Waals surface area contributed by atoms with Gasteiger partial charge in [-0.1, -0.05) is 6.08 Å². The number of imide groups is 1. The molecule has 1 saturated heterocycles. The number of benzene rings is 2. The van der Waals surface area contributed by atoms with Gasteiger partial charge in [0.15, 0.2) is 0 Å². The van der Waals surface area contributed by atoms with E-state index in [1.165, 1.54) is 24.3 Å². The number of carbonyl (C=O) groups is 3. The predicted molar refractivity (Wildman–Crippen MR) is 141 cm³/mol. The zero-order chi connectivity index (χ0) is 26.2. The minimum absolute atomic E-state index is 0.157. The average molecular weight is 510 g/mol. The second-order valence-corrected chi connectivity index (χ2v) is 10.2. The first kappa shape index (κ1) is 25.5. The standard InChI is InChI=1S/C27H28FN3O4S/c1-6-31-21-13-22(35-5)17(11-20(21)16(2)14-27(31,3)4)12-23-25(33)30(26(34)36-23)15-24(32)29-19-9-7-18(28)8-10-19/h7-14H,6,15H2,1-5H3,(H,29,32)/b23-12+. The molecule has 0 bridgehead atoms. The number of allylic oxidation sites excluding steroid dienone is 1. The first-order chi connectivity index (χ1) is 17.0. The van der Waals surface area contributed by atoms with E-state index in [0.717, 1.165) is 40.0 Å². The molecular weight excluding hydrogens is 481 g/mol. The van der Waals surface area contributed by atoms with Crippen molar-refractivity contribution in [2.24, 2.45) is 0 Å². The number of nitrogens with one attached hydrogen (secondary N) is 1. The summed E-state index contributed by atoms with van der Waals surface area (Å²) in [6, 6.07) is 9.15. The van der Waals surface area contributed by atoms with E-state index in [1.807, 2.05) is 12.1 Å². The first-order valence-corrected chi connectivity index (χ1v) is 12.4. The van der Waals surface area contributed by atoms with Gasteiger partial charge in [0.05, 0.1) is 17.6 Å². The number of halogens is 1. The third-order valence-electron chi connectivity index (χ3n) is 6.24. The maximum atomic E-state index is 13.1. The first-order valence-electron chi connectivity index (χ1n) is 11.5. The van der Waals surface area contributed by atoms with E-state index < -0.39 is 29.4 Å². The Balaban J connectivity index is 1.59. The fraction of sp³-hybridized carbons (Fsp3) is 0.296. The number of ether oxygens (including phenoxy) is 1. The molecule has 2 aliphatic rings. The van der Waals surface area contributed by atoms with Crippen molar-refractivity contribution >= 4 is 51.8 Å². The molecule has 4 rings (SSSR count). The monoisotopic (exact) mass is 509 g/mol. The van der Waals surface area contributed by atoms with Gasteiger partial charge in [0, 0.05) is 35.1 Å². The maximum Gasteiger partial charge on any atom is 0.294 e. The van der Waals surface area contributed by atoms with Crippen molar-refractivity contribution in [1.29, 1.82) is 0 Å². The van der Waals surface area contributed by atoms with E-state index in [-0.39, 0.29) is 10.4 Å². The molecule has 0 saturated carbocycles. The molecule has 7 nitrogen and oxygen atoms in total. The molecule has 2 aromatic carbocycles. The topological polar surface area (TPSA) is 79.0 Å². The number of methoxy groups -OCH3 is 1. The molecule has 2 aliphatic heterocycles. The number of amides is 3. The van der Waals surface area contributed by atoms with E-state index in [2.05, 4.69) is 44.0 Å². The fourth-order valence-corrected chi connectivity index (χ4v) is 5.47. The molecule has 3 amide bonds. The van der Waals surface area contributed by atoms with Crippen LogP contribution in [0, 0.1) is 5.82 Å². The van der Waals surface area contributed by atoms with Crippen LogP contribution < -0.4 is 15.0 Å². The molecule has 2 aromatic rings. The largest absolute Gasteiger partial charge is 0.496 e. The number of anilines is 2. The molecule has 0 radical (unpaired) electrons. The van der Waals surface area contributed by atoms with Crippen molar-refractivity contribution in [1.82, 2.24) is 4.90 Å². The van der Waals surface area contributed by atoms with E-state index in [1.54, 1.807) is 13.2 Å². The van der Waals surface area contributed by atoms with E-state index in [9.17, 15) is 18.8 Å². The number of nitrogens with zero attached hydrogens (tertiary/aromatic N) is 2. The van der Waals surface area contributed by atoms with E-state index in [4.69, 9.17) is 4.74 Å². The SMILES string of the molecule is CCN1c2cc(OC)c(/C=C3/SC(=O)N(CC(=O)Nc4ccc(F)cc4)C3=O)cc2C(C)=CC1(C)C. The lowest BCUT2D eigenvalue weighted by Gasteiger charge is -2.43. The fourth-order valence-electron chi connectivity index (χ4n) is 4.64. The number of likely N-dealkylation sites (N-methyl/N-ethyl adjacent to an activating group) is 1. The second-order valence-electron chi connectivity index (χ2n) is 9.16. The highest BCUT2D eigenvalue weighted by Crippen LogP contribution is 2.43. The average Bonchev–Trinajstić information content (AvgIpc) is 3.07. The molecule has 0 aliphatic carbocycles. The van der Waals surface area contributed by atoms with Crippen LogP contribution in [-0.2, 0) is 9.59 Å². The summed E-state index contributed by atoms with van der Waals surface area (Å²) in [5, 5.41) is 2.03. The van der Waals surface area contributed by atoms with Crippen molar-refractivity contribution < 1.29 is 23.5 Å². The van der Waals surface area contributed by atoms with Crippen LogP contribution in [0.3, 0.4) is 0 Å². The molecule has 36 heavy (non-hydrogen) atoms. The smallest absolute Gasteiger partial charge is 0.294 e. The number of carbonyl (C=O) groups excluding carboxylic acids is 3. The third kappa shape index (κ3) is 4.88. The zero-order valence-electron chi connectivity index (χ0n) is 20.8. The van der Waals surface area contributed by atoms with Crippen LogP contribution in [0.2, 0.25) is 0 Å². The number of hydrogen-bond acceptors (Lipinski definition) is 6. The lowest BCUT2D eigenvalue weighted by Crippen LogP contribution is -2.44. The Labute approximate surface area is 214 Å². The molecule has 0 atom stereocenters. The zero-order valence-corrected chi connectivity index (χ0v) is 21.7. The number of thioether (sulfide) groups is 1. The molecule has 1 N–H and O–H groups in total. The lowest BCUT2D eigenvalue weighted by atomic mass is 9.87. The highest BCUT2D eigenvalue weighted by atomic mass is 32.2. The number of rotatable bonds is 6. The van der Waals surface area contributed by atoms with Gasteiger partial charge in [-0.3, -0.25) is 19.3 Å². The minimum Gasteiger partial charge on any atom is -0.496 e. The summed E-state index contributed by atoms with van der Waals surface area (Å²) < 4.78 is 18.7. The molecule has 0 unspecified atom stereocenters. The molecule has 9 heteroatoms. The normalized spacial score (nSPS) is 17.8. The summed E-state index contributed by atoms with van der Waals surface area (Å²) in [6.07, 6.45) is 3.84. The van der Waals surface area contributed by atoms with Gasteiger partial charge in [0.25, 0.3) is 11.1 Å². The highest BCUT2D eigenvalue weighted by molar-refractivity contribution is 8.18. The Morgan fingerprint density at radius 2 is 1.89 bits per heavy atom. The van der Waals surface area contributed by atoms with Gasteiger partial charge in [-0.2, -0.15) is 0 Å². The summed E-state index contributed by atoms with van der Waals surface area (Å²) in [5.74, 6) is -0.959. The van der Waals surface area contributed by atoms with Crippen molar-refractivity contribution in [2.45, 2.75) is 33.2 Å². The van der Waals surface area contributed by atoms with Crippen LogP contribution in [0.4, 0.5) is 20.6 Å². The minimum atomic E-state index is -0.556. The van der Waals surface area contributed by atoms with E-state index >= 15 is 0 Å². The maximum absolute atomic E-state index is 13.1. The molecular formula is C27H28FN3O4S. The van der Waals surface area contributed by atoms with Crippen LogP contribution in [-0.4, -0.2) is 47.7 Å². The van der Waals surface area contributed by atoms with Crippen LogP contribution in [0.5, 0.6) is 5.75 Å². The number of fused-ring (bicyclic) bond motifs is 1. The summed E-state index contributed by atoms with van der Waals surface area (Å²) in [6.45, 7) is 8.84. The number of hydrogen-bond donors (Lipinski definition) is 1. The van der Waals surface area contributed by atoms with Gasteiger partial charge in [0.2, 0.25) is 5.91 Å². The molecule has 188 valence electrons. The van der Waals surface area contributed by atoms with Crippen molar-refractivity contribution in [2.75, 3.05) is 30.4 Å². The molecule has 0 aromatic heterocycles. The Hall–Kier alpha value is -3.59. The third-order valence-corrected chi connectivity index (χ3v) is 7.14. The summed E-state index contributed by atoms with van der Waals surface area (Å²) in [7, 11) is 1.57. The van der Waals surface area contributed by atoms with Gasteiger partial charge in [0.1, 0.15) is 18.1 Å². The van der Waals surface area contributed by atoms with Crippen molar-refractivity contribution in [3.63, 3.8) is 0 Å². The van der Waals surface area contributed by atoms with Gasteiger partial charge >= 0.3 is 0 Å². The Bertz CT molecular complexity index is 1300. The Kier molecular flexibility index (Phi) is 6.95. The van der Waals surface area contributed by atoms with Gasteiger partial charge < -0.3 is 15.0 Å². The summed E-state index contributed by atoms with van der Waals surface area (Å²) >= 11 is 0.777. The molecule has 1 fully saturated rings. The second kappa shape index (κ2) is 9.81. The highest BCUT2D eigenvalue weighted by Gasteiger charge is 2.37. The molecule has 0 spiro atoms. The Morgan fingerprint density at radius 1 is 1.19 bits per heavy atom. The lowest BCUT2D eigenvalue weighted by molar-refractivity contribution is -0.127. The van der Waals surface area contributed by atoms with Crippen LogP contribution in [0.1, 0.15) is 38.8 Å². The quantitative estimate of drug-likeness (QED) is 0.516. The van der Waals surface area contributed by atoms with Crippen LogP contribution >= 0.6 is 11.8 Å².